The van der Waals surface area contributed by atoms with Gasteiger partial charge in [0.2, 0.25) is 0 Å². The molecule has 17 heavy (non-hydrogen) atoms. The largest absolute Gasteiger partial charge is 0.445 e. The second kappa shape index (κ2) is 4.99. The highest BCUT2D eigenvalue weighted by Crippen LogP contribution is 2.13. The summed E-state index contributed by atoms with van der Waals surface area (Å²) in [5, 5.41) is 0. The summed E-state index contributed by atoms with van der Waals surface area (Å²) in [5.74, 6) is 0.0286. The van der Waals surface area contributed by atoms with Crippen LogP contribution in [0.1, 0.15) is 12.5 Å². The van der Waals surface area contributed by atoms with E-state index >= 15 is 0 Å². The molecule has 1 saturated heterocycles. The highest BCUT2D eigenvalue weighted by molar-refractivity contribution is 5.89. The molecule has 1 aliphatic heterocycles. The Hall–Kier alpha value is -1.84. The Morgan fingerprint density at radius 1 is 1.41 bits per heavy atom. The Morgan fingerprint density at radius 3 is 2.71 bits per heavy atom. The fourth-order valence-corrected chi connectivity index (χ4v) is 1.79. The number of carbonyl (C=O) groups excluding carboxylic acids is 2. The summed E-state index contributed by atoms with van der Waals surface area (Å²) in [6.07, 6.45) is -0.411. The monoisotopic (exact) mass is 233 g/mol. The van der Waals surface area contributed by atoms with Gasteiger partial charge in [0, 0.05) is 12.5 Å². The van der Waals surface area contributed by atoms with E-state index in [4.69, 9.17) is 4.74 Å². The lowest BCUT2D eigenvalue weighted by Gasteiger charge is -2.14. The van der Waals surface area contributed by atoms with Crippen molar-refractivity contribution < 1.29 is 14.3 Å². The van der Waals surface area contributed by atoms with Gasteiger partial charge in [0.15, 0.2) is 5.78 Å². The van der Waals surface area contributed by atoms with Crippen LogP contribution >= 0.6 is 0 Å². The third-order valence-corrected chi connectivity index (χ3v) is 2.85. The zero-order chi connectivity index (χ0) is 12.3. The number of nitrogens with zero attached hydrogens (tertiary/aromatic N) is 1. The SMILES string of the molecule is CC1CN(C(=O)OCc2ccccc2)CC1=O. The summed E-state index contributed by atoms with van der Waals surface area (Å²) in [5.41, 5.74) is 0.944. The number of benzene rings is 1. The molecule has 1 aromatic carbocycles. The summed E-state index contributed by atoms with van der Waals surface area (Å²) in [6, 6.07) is 9.48. The summed E-state index contributed by atoms with van der Waals surface area (Å²) in [7, 11) is 0. The summed E-state index contributed by atoms with van der Waals surface area (Å²) in [6.45, 7) is 2.72. The number of Topliss-reactive ketones (excluding diaryl/α,β-unsaturated/α-hetero) is 1. The molecule has 1 amide bonds. The molecule has 0 saturated carbocycles. The molecule has 2 rings (SSSR count). The predicted octanol–water partition coefficient (Wildman–Crippen LogP) is 1.84. The van der Waals surface area contributed by atoms with E-state index in [0.717, 1.165) is 5.56 Å². The first-order valence-electron chi connectivity index (χ1n) is 5.65. The Balaban J connectivity index is 1.84. The summed E-state index contributed by atoms with van der Waals surface area (Å²) >= 11 is 0. The molecule has 4 nitrogen and oxygen atoms in total. The third-order valence-electron chi connectivity index (χ3n) is 2.85. The lowest BCUT2D eigenvalue weighted by molar-refractivity contribution is -0.119. The fourth-order valence-electron chi connectivity index (χ4n) is 1.79. The Bertz CT molecular complexity index is 416. The molecule has 90 valence electrons. The molecular weight excluding hydrogens is 218 g/mol. The number of amides is 1. The maximum Gasteiger partial charge on any atom is 0.410 e. The van der Waals surface area contributed by atoms with Crippen LogP contribution in [0.15, 0.2) is 30.3 Å². The second-order valence-electron chi connectivity index (χ2n) is 4.29. The van der Waals surface area contributed by atoms with Crippen LogP contribution in [0.5, 0.6) is 0 Å². The summed E-state index contributed by atoms with van der Waals surface area (Å²) < 4.78 is 5.14. The van der Waals surface area contributed by atoms with Crippen LogP contribution in [0, 0.1) is 5.92 Å². The molecule has 0 radical (unpaired) electrons. The highest BCUT2D eigenvalue weighted by atomic mass is 16.6. The smallest absolute Gasteiger partial charge is 0.410 e. The lowest BCUT2D eigenvalue weighted by Crippen LogP contribution is -2.29. The standard InChI is InChI=1S/C13H15NO3/c1-10-7-14(8-12(10)15)13(16)17-9-11-5-3-2-4-6-11/h2-6,10H,7-9H2,1H3. The van der Waals surface area contributed by atoms with E-state index in [0.29, 0.717) is 6.54 Å². The molecule has 0 spiro atoms. The topological polar surface area (TPSA) is 46.6 Å². The predicted molar refractivity (Wildman–Crippen MR) is 62.4 cm³/mol. The maximum absolute atomic E-state index is 11.7. The number of ketones is 1. The second-order valence-corrected chi connectivity index (χ2v) is 4.29. The van der Waals surface area contributed by atoms with Gasteiger partial charge in [0.25, 0.3) is 0 Å². The molecule has 1 fully saturated rings. The number of hydrogen-bond donors (Lipinski definition) is 0. The zero-order valence-corrected chi connectivity index (χ0v) is 9.76. The third kappa shape index (κ3) is 2.84. The van der Waals surface area contributed by atoms with Crippen molar-refractivity contribution in [1.82, 2.24) is 4.90 Å². The van der Waals surface area contributed by atoms with Gasteiger partial charge < -0.3 is 9.64 Å². The Morgan fingerprint density at radius 2 is 2.12 bits per heavy atom. The quantitative estimate of drug-likeness (QED) is 0.783. The molecule has 0 aromatic heterocycles. The van der Waals surface area contributed by atoms with E-state index in [1.165, 1.54) is 4.90 Å². The minimum atomic E-state index is -0.411. The van der Waals surface area contributed by atoms with Crippen molar-refractivity contribution >= 4 is 11.9 Å². The van der Waals surface area contributed by atoms with Gasteiger partial charge in [-0.1, -0.05) is 37.3 Å². The molecular formula is C13H15NO3. The van der Waals surface area contributed by atoms with Gasteiger partial charge in [-0.3, -0.25) is 4.79 Å². The average Bonchev–Trinajstić information content (AvgIpc) is 2.68. The molecule has 1 atom stereocenters. The molecule has 0 aliphatic carbocycles. The van der Waals surface area contributed by atoms with Crippen molar-refractivity contribution in [2.45, 2.75) is 13.5 Å². The maximum atomic E-state index is 11.7. The van der Waals surface area contributed by atoms with Gasteiger partial charge in [0.1, 0.15) is 6.61 Å². The van der Waals surface area contributed by atoms with E-state index in [1.54, 1.807) is 0 Å². The number of likely N-dealkylation sites (tertiary alicyclic amines) is 1. The minimum Gasteiger partial charge on any atom is -0.445 e. The minimum absolute atomic E-state index is 0.0701. The Kier molecular flexibility index (Phi) is 3.42. The number of ether oxygens (including phenoxy) is 1. The number of carbonyl (C=O) groups is 2. The van der Waals surface area contributed by atoms with Gasteiger partial charge in [-0.05, 0) is 5.56 Å². The Labute approximate surface area is 100 Å². The molecule has 1 unspecified atom stereocenters. The molecule has 1 aliphatic rings. The van der Waals surface area contributed by atoms with Gasteiger partial charge in [-0.15, -0.1) is 0 Å². The normalized spacial score (nSPS) is 19.5. The molecule has 0 N–H and O–H groups in total. The zero-order valence-electron chi connectivity index (χ0n) is 9.76. The van der Waals surface area contributed by atoms with E-state index in [1.807, 2.05) is 37.3 Å². The van der Waals surface area contributed by atoms with Crippen LogP contribution < -0.4 is 0 Å². The number of rotatable bonds is 2. The van der Waals surface area contributed by atoms with Gasteiger partial charge >= 0.3 is 6.09 Å². The van der Waals surface area contributed by atoms with Gasteiger partial charge in [-0.25, -0.2) is 4.79 Å². The van der Waals surface area contributed by atoms with Crippen LogP contribution in [0.3, 0.4) is 0 Å². The van der Waals surface area contributed by atoms with Gasteiger partial charge in [0.05, 0.1) is 6.54 Å². The molecule has 1 heterocycles. The highest BCUT2D eigenvalue weighted by Gasteiger charge is 2.31. The van der Waals surface area contributed by atoms with Crippen molar-refractivity contribution in [2.24, 2.45) is 5.92 Å². The van der Waals surface area contributed by atoms with E-state index < -0.39 is 6.09 Å². The first-order valence-corrected chi connectivity index (χ1v) is 5.65. The molecule has 1 aromatic rings. The van der Waals surface area contributed by atoms with Crippen LogP contribution in [0.2, 0.25) is 0 Å². The van der Waals surface area contributed by atoms with E-state index in [2.05, 4.69) is 0 Å². The van der Waals surface area contributed by atoms with E-state index in [9.17, 15) is 9.59 Å². The van der Waals surface area contributed by atoms with E-state index in [-0.39, 0.29) is 24.9 Å². The van der Waals surface area contributed by atoms with Crippen LogP contribution in [-0.4, -0.2) is 29.9 Å². The van der Waals surface area contributed by atoms with Crippen molar-refractivity contribution in [3.05, 3.63) is 35.9 Å². The lowest BCUT2D eigenvalue weighted by atomic mass is 10.1. The van der Waals surface area contributed by atoms with Crippen molar-refractivity contribution in [1.29, 1.82) is 0 Å². The first kappa shape index (κ1) is 11.6. The fraction of sp³-hybridized carbons (Fsp3) is 0.385. The van der Waals surface area contributed by atoms with Crippen LogP contribution in [-0.2, 0) is 16.1 Å². The summed E-state index contributed by atoms with van der Waals surface area (Å²) in [4.78, 5) is 24.4. The van der Waals surface area contributed by atoms with Crippen molar-refractivity contribution in [2.75, 3.05) is 13.1 Å². The number of hydrogen-bond acceptors (Lipinski definition) is 3. The van der Waals surface area contributed by atoms with Crippen LogP contribution in [0.25, 0.3) is 0 Å². The van der Waals surface area contributed by atoms with Crippen LogP contribution in [0.4, 0.5) is 4.79 Å². The molecule has 0 bridgehead atoms. The van der Waals surface area contributed by atoms with Crippen molar-refractivity contribution in [3.8, 4) is 0 Å². The first-order chi connectivity index (χ1) is 8.16. The van der Waals surface area contributed by atoms with Gasteiger partial charge in [-0.2, -0.15) is 0 Å². The average molecular weight is 233 g/mol. The van der Waals surface area contributed by atoms with Crippen molar-refractivity contribution in [3.63, 3.8) is 0 Å². The molecule has 4 heteroatoms.